The van der Waals surface area contributed by atoms with E-state index in [1.54, 1.807) is 0 Å². The van der Waals surface area contributed by atoms with Crippen LogP contribution >= 0.6 is 23.2 Å². The lowest BCUT2D eigenvalue weighted by Gasteiger charge is -1.96. The van der Waals surface area contributed by atoms with Gasteiger partial charge in [0.05, 0.1) is 18.0 Å². The zero-order valence-corrected chi connectivity index (χ0v) is 7.75. The molecule has 0 radical (unpaired) electrons. The third-order valence-electron chi connectivity index (χ3n) is 1.58. The monoisotopic (exact) mass is 215 g/mol. The van der Waals surface area contributed by atoms with Gasteiger partial charge < -0.3 is 0 Å². The van der Waals surface area contributed by atoms with Crippen molar-refractivity contribution >= 4 is 35.0 Å². The number of aldehydes is 1. The first-order valence-electron chi connectivity index (χ1n) is 3.37. The van der Waals surface area contributed by atoms with Crippen LogP contribution in [0.15, 0.2) is 12.4 Å². The van der Waals surface area contributed by atoms with Crippen LogP contribution in [-0.2, 0) is 0 Å². The van der Waals surface area contributed by atoms with E-state index >= 15 is 0 Å². The molecule has 0 bridgehead atoms. The van der Waals surface area contributed by atoms with Gasteiger partial charge in [-0.1, -0.05) is 23.2 Å². The molecule has 0 spiro atoms. The number of fused-ring (bicyclic) bond motifs is 1. The number of carbonyl (C=O) groups is 1. The van der Waals surface area contributed by atoms with Crippen LogP contribution in [0.3, 0.4) is 0 Å². The van der Waals surface area contributed by atoms with Crippen LogP contribution in [0.5, 0.6) is 0 Å². The lowest BCUT2D eigenvalue weighted by molar-refractivity contribution is 0.112. The Hall–Kier alpha value is -1.13. The van der Waals surface area contributed by atoms with Crippen LogP contribution < -0.4 is 0 Å². The summed E-state index contributed by atoms with van der Waals surface area (Å²) in [4.78, 5) is 14.3. The summed E-state index contributed by atoms with van der Waals surface area (Å²) in [5.74, 6) is 0. The summed E-state index contributed by atoms with van der Waals surface area (Å²) in [7, 11) is 0. The molecule has 0 unspecified atom stereocenters. The molecule has 13 heavy (non-hydrogen) atoms. The van der Waals surface area contributed by atoms with Gasteiger partial charge in [-0.2, -0.15) is 5.10 Å². The van der Waals surface area contributed by atoms with Gasteiger partial charge in [0.25, 0.3) is 0 Å². The van der Waals surface area contributed by atoms with Crippen molar-refractivity contribution in [2.24, 2.45) is 0 Å². The highest BCUT2D eigenvalue weighted by atomic mass is 35.5. The smallest absolute Gasteiger partial charge is 0.157 e. The molecular formula is C7H3Cl2N3O. The summed E-state index contributed by atoms with van der Waals surface area (Å²) in [6, 6.07) is 0. The van der Waals surface area contributed by atoms with E-state index in [0.29, 0.717) is 17.4 Å². The maximum atomic E-state index is 10.5. The van der Waals surface area contributed by atoms with E-state index in [0.717, 1.165) is 0 Å². The van der Waals surface area contributed by atoms with Gasteiger partial charge in [0.2, 0.25) is 0 Å². The predicted molar refractivity (Wildman–Crippen MR) is 48.4 cm³/mol. The Morgan fingerprint density at radius 1 is 1.46 bits per heavy atom. The SMILES string of the molecule is O=Cc1cnn2cc(Cl)nc(Cl)c12. The molecule has 0 fully saturated rings. The van der Waals surface area contributed by atoms with Crippen LogP contribution in [0, 0.1) is 0 Å². The predicted octanol–water partition coefficient (Wildman–Crippen LogP) is 1.85. The van der Waals surface area contributed by atoms with Crippen molar-refractivity contribution in [1.29, 1.82) is 0 Å². The van der Waals surface area contributed by atoms with Gasteiger partial charge in [0, 0.05) is 0 Å². The largest absolute Gasteiger partial charge is 0.298 e. The molecule has 2 aromatic heterocycles. The number of hydrogen-bond donors (Lipinski definition) is 0. The molecule has 0 aliphatic rings. The standard InChI is InChI=1S/C7H3Cl2N3O/c8-5-2-12-6(7(9)11-5)4(3-13)1-10-12/h1-3H. The van der Waals surface area contributed by atoms with Crippen molar-refractivity contribution in [3.05, 3.63) is 28.3 Å². The first kappa shape index (κ1) is 8.47. The second-order valence-corrected chi connectivity index (χ2v) is 3.11. The molecule has 6 heteroatoms. The van der Waals surface area contributed by atoms with Crippen molar-refractivity contribution in [2.45, 2.75) is 0 Å². The molecule has 0 N–H and O–H groups in total. The van der Waals surface area contributed by atoms with E-state index in [9.17, 15) is 4.79 Å². The molecular weight excluding hydrogens is 213 g/mol. The number of rotatable bonds is 1. The minimum absolute atomic E-state index is 0.173. The highest BCUT2D eigenvalue weighted by Crippen LogP contribution is 2.19. The van der Waals surface area contributed by atoms with Crippen LogP contribution in [0.4, 0.5) is 0 Å². The second kappa shape index (κ2) is 2.97. The molecule has 0 aliphatic heterocycles. The summed E-state index contributed by atoms with van der Waals surface area (Å²) in [5, 5.41) is 4.30. The van der Waals surface area contributed by atoms with Crippen molar-refractivity contribution in [2.75, 3.05) is 0 Å². The summed E-state index contributed by atoms with van der Waals surface area (Å²) >= 11 is 11.4. The van der Waals surface area contributed by atoms with Crippen molar-refractivity contribution in [3.8, 4) is 0 Å². The van der Waals surface area contributed by atoms with Crippen LogP contribution in [-0.4, -0.2) is 20.9 Å². The maximum absolute atomic E-state index is 10.5. The molecule has 0 aromatic carbocycles. The Kier molecular flexibility index (Phi) is 1.94. The van der Waals surface area contributed by atoms with Gasteiger partial charge in [-0.15, -0.1) is 0 Å². The third-order valence-corrected chi connectivity index (χ3v) is 2.03. The summed E-state index contributed by atoms with van der Waals surface area (Å²) in [6.07, 6.45) is 3.56. The topological polar surface area (TPSA) is 47.3 Å². The summed E-state index contributed by atoms with van der Waals surface area (Å²) in [6.45, 7) is 0. The average Bonchev–Trinajstić information content (AvgIpc) is 2.47. The molecule has 0 atom stereocenters. The molecule has 2 heterocycles. The lowest BCUT2D eigenvalue weighted by atomic mass is 10.3. The van der Waals surface area contributed by atoms with Gasteiger partial charge >= 0.3 is 0 Å². The average molecular weight is 216 g/mol. The molecule has 2 rings (SSSR count). The molecule has 0 amide bonds. The Bertz CT molecular complexity index is 480. The van der Waals surface area contributed by atoms with E-state index in [1.807, 2.05) is 0 Å². The summed E-state index contributed by atoms with van der Waals surface area (Å²) < 4.78 is 1.42. The molecule has 0 aliphatic carbocycles. The number of hydrogen-bond acceptors (Lipinski definition) is 3. The fourth-order valence-corrected chi connectivity index (χ4v) is 1.56. The fraction of sp³-hybridized carbons (Fsp3) is 0. The van der Waals surface area contributed by atoms with Crippen molar-refractivity contribution in [3.63, 3.8) is 0 Å². The summed E-state index contributed by atoms with van der Waals surface area (Å²) in [5.41, 5.74) is 0.871. The minimum Gasteiger partial charge on any atom is -0.298 e. The first-order chi connectivity index (χ1) is 6.22. The molecule has 4 nitrogen and oxygen atoms in total. The van der Waals surface area contributed by atoms with Gasteiger partial charge in [-0.25, -0.2) is 9.50 Å². The minimum atomic E-state index is 0.173. The van der Waals surface area contributed by atoms with Crippen molar-refractivity contribution in [1.82, 2.24) is 14.6 Å². The third kappa shape index (κ3) is 1.28. The Morgan fingerprint density at radius 3 is 2.92 bits per heavy atom. The van der Waals surface area contributed by atoms with Gasteiger partial charge in [0.1, 0.15) is 10.7 Å². The highest BCUT2D eigenvalue weighted by Gasteiger charge is 2.09. The Morgan fingerprint density at radius 2 is 2.23 bits per heavy atom. The fourth-order valence-electron chi connectivity index (χ4n) is 1.05. The Balaban J connectivity index is 2.89. The van der Waals surface area contributed by atoms with Gasteiger partial charge in [0.15, 0.2) is 11.4 Å². The molecule has 2 aromatic rings. The van der Waals surface area contributed by atoms with E-state index in [1.165, 1.54) is 16.9 Å². The second-order valence-electron chi connectivity index (χ2n) is 2.37. The van der Waals surface area contributed by atoms with Crippen molar-refractivity contribution < 1.29 is 4.79 Å². The number of nitrogens with zero attached hydrogens (tertiary/aromatic N) is 3. The van der Waals surface area contributed by atoms with Gasteiger partial charge in [-0.3, -0.25) is 4.79 Å². The van der Waals surface area contributed by atoms with Crippen LogP contribution in [0.2, 0.25) is 10.3 Å². The first-order valence-corrected chi connectivity index (χ1v) is 4.12. The molecule has 66 valence electrons. The Labute approximate surface area is 83.1 Å². The quantitative estimate of drug-likeness (QED) is 0.683. The lowest BCUT2D eigenvalue weighted by Crippen LogP contribution is -1.91. The van der Waals surface area contributed by atoms with Crippen LogP contribution in [0.1, 0.15) is 10.4 Å². The number of halogens is 2. The zero-order chi connectivity index (χ0) is 9.42. The number of aromatic nitrogens is 3. The number of carbonyl (C=O) groups excluding carboxylic acids is 1. The van der Waals surface area contributed by atoms with E-state index in [-0.39, 0.29) is 10.3 Å². The van der Waals surface area contributed by atoms with Gasteiger partial charge in [-0.05, 0) is 0 Å². The highest BCUT2D eigenvalue weighted by molar-refractivity contribution is 6.35. The van der Waals surface area contributed by atoms with E-state index in [2.05, 4.69) is 10.1 Å². The maximum Gasteiger partial charge on any atom is 0.157 e. The van der Waals surface area contributed by atoms with E-state index in [4.69, 9.17) is 23.2 Å². The van der Waals surface area contributed by atoms with Crippen LogP contribution in [0.25, 0.3) is 5.52 Å². The van der Waals surface area contributed by atoms with E-state index < -0.39 is 0 Å². The zero-order valence-electron chi connectivity index (χ0n) is 6.24. The normalized spacial score (nSPS) is 10.6. The molecule has 0 saturated heterocycles. The molecule has 0 saturated carbocycles.